The van der Waals surface area contributed by atoms with Crippen molar-refractivity contribution in [1.82, 2.24) is 9.78 Å². The third kappa shape index (κ3) is 3.08. The molecule has 1 aromatic heterocycles. The van der Waals surface area contributed by atoms with Crippen LogP contribution in [0, 0.1) is 12.7 Å². The summed E-state index contributed by atoms with van der Waals surface area (Å²) in [7, 11) is 1.44. The first-order chi connectivity index (χ1) is 9.97. The fraction of sp³-hybridized carbons (Fsp3) is 0.333. The van der Waals surface area contributed by atoms with Gasteiger partial charge >= 0.3 is 0 Å². The van der Waals surface area contributed by atoms with E-state index < -0.39 is 5.82 Å². The molecule has 0 fully saturated rings. The Balaban J connectivity index is 2.30. The van der Waals surface area contributed by atoms with E-state index in [9.17, 15) is 9.18 Å². The van der Waals surface area contributed by atoms with Crippen LogP contribution in [0.5, 0.6) is 5.75 Å². The summed E-state index contributed by atoms with van der Waals surface area (Å²) in [6.07, 6.45) is 0.0107. The maximum atomic E-state index is 13.9. The molecule has 0 unspecified atom stereocenters. The Hall–Kier alpha value is -1.88. The van der Waals surface area contributed by atoms with E-state index in [1.165, 1.54) is 19.2 Å². The number of aromatic nitrogens is 2. The van der Waals surface area contributed by atoms with Gasteiger partial charge in [0.2, 0.25) is 0 Å². The molecule has 0 bridgehead atoms. The number of carbonyl (C=O) groups is 1. The van der Waals surface area contributed by atoms with Crippen molar-refractivity contribution in [2.24, 2.45) is 0 Å². The highest BCUT2D eigenvalue weighted by Gasteiger charge is 2.19. The van der Waals surface area contributed by atoms with Gasteiger partial charge < -0.3 is 4.74 Å². The zero-order chi connectivity index (χ0) is 15.6. The van der Waals surface area contributed by atoms with Gasteiger partial charge in [-0.3, -0.25) is 9.48 Å². The van der Waals surface area contributed by atoms with Crippen LogP contribution in [0.2, 0.25) is 5.02 Å². The summed E-state index contributed by atoms with van der Waals surface area (Å²) in [6, 6.07) is 4.17. The lowest BCUT2D eigenvalue weighted by atomic mass is 10.1. The molecule has 0 aliphatic carbocycles. The Labute approximate surface area is 127 Å². The van der Waals surface area contributed by atoms with Gasteiger partial charge in [0.05, 0.1) is 35.5 Å². The lowest BCUT2D eigenvalue weighted by molar-refractivity contribution is 0.0986. The molecule has 0 spiro atoms. The minimum Gasteiger partial charge on any atom is -0.497 e. The third-order valence-electron chi connectivity index (χ3n) is 3.26. The fourth-order valence-corrected chi connectivity index (χ4v) is 2.34. The number of methoxy groups -OCH3 is 1. The van der Waals surface area contributed by atoms with Gasteiger partial charge in [-0.05, 0) is 26.0 Å². The maximum Gasteiger partial charge on any atom is 0.171 e. The van der Waals surface area contributed by atoms with E-state index in [1.54, 1.807) is 17.7 Å². The predicted molar refractivity (Wildman–Crippen MR) is 78.6 cm³/mol. The molecule has 0 atom stereocenters. The second kappa shape index (κ2) is 6.26. The summed E-state index contributed by atoms with van der Waals surface area (Å²) < 4.78 is 20.5. The molecule has 2 aromatic rings. The van der Waals surface area contributed by atoms with Crippen molar-refractivity contribution >= 4 is 17.4 Å². The number of ether oxygens (including phenoxy) is 1. The highest BCUT2D eigenvalue weighted by Crippen LogP contribution is 2.23. The zero-order valence-corrected chi connectivity index (χ0v) is 12.9. The van der Waals surface area contributed by atoms with Crippen molar-refractivity contribution in [3.8, 4) is 5.75 Å². The first-order valence-electron chi connectivity index (χ1n) is 6.56. The summed E-state index contributed by atoms with van der Waals surface area (Å²) >= 11 is 6.16. The number of rotatable bonds is 5. The summed E-state index contributed by atoms with van der Waals surface area (Å²) in [5.41, 5.74) is 1.29. The smallest absolute Gasteiger partial charge is 0.171 e. The molecule has 6 heteroatoms. The van der Waals surface area contributed by atoms with Crippen LogP contribution >= 0.6 is 11.6 Å². The Morgan fingerprint density at radius 1 is 1.48 bits per heavy atom. The number of ketones is 1. The van der Waals surface area contributed by atoms with Gasteiger partial charge in [0.25, 0.3) is 0 Å². The number of benzene rings is 1. The monoisotopic (exact) mass is 310 g/mol. The second-order valence-electron chi connectivity index (χ2n) is 4.61. The minimum absolute atomic E-state index is 0.0107. The van der Waals surface area contributed by atoms with E-state index >= 15 is 0 Å². The van der Waals surface area contributed by atoms with E-state index in [0.717, 1.165) is 0 Å². The number of hydrogen-bond acceptors (Lipinski definition) is 3. The van der Waals surface area contributed by atoms with Crippen LogP contribution in [0.25, 0.3) is 0 Å². The topological polar surface area (TPSA) is 44.1 Å². The van der Waals surface area contributed by atoms with Crippen molar-refractivity contribution in [3.05, 3.63) is 46.0 Å². The predicted octanol–water partition coefficient (Wildman–Crippen LogP) is 3.44. The van der Waals surface area contributed by atoms with Crippen LogP contribution in [-0.4, -0.2) is 22.7 Å². The average Bonchev–Trinajstić information content (AvgIpc) is 2.74. The van der Waals surface area contributed by atoms with E-state index in [1.807, 2.05) is 6.92 Å². The molecule has 2 rings (SSSR count). The summed E-state index contributed by atoms with van der Waals surface area (Å²) in [6.45, 7) is 4.28. The van der Waals surface area contributed by atoms with Crippen LogP contribution in [-0.2, 0) is 13.0 Å². The van der Waals surface area contributed by atoms with Gasteiger partial charge in [-0.25, -0.2) is 4.39 Å². The molecule has 0 amide bonds. The number of halogens is 2. The van der Waals surface area contributed by atoms with Crippen LogP contribution in [0.4, 0.5) is 4.39 Å². The van der Waals surface area contributed by atoms with Crippen molar-refractivity contribution in [2.45, 2.75) is 26.8 Å². The van der Waals surface area contributed by atoms with Gasteiger partial charge in [-0.2, -0.15) is 5.10 Å². The van der Waals surface area contributed by atoms with Crippen molar-refractivity contribution < 1.29 is 13.9 Å². The van der Waals surface area contributed by atoms with Gasteiger partial charge in [-0.15, -0.1) is 0 Å². The first-order valence-corrected chi connectivity index (χ1v) is 6.94. The van der Waals surface area contributed by atoms with E-state index in [2.05, 4.69) is 5.10 Å². The molecule has 0 aliphatic rings. The third-order valence-corrected chi connectivity index (χ3v) is 3.75. The van der Waals surface area contributed by atoms with Crippen LogP contribution in [0.15, 0.2) is 18.2 Å². The molecule has 0 saturated heterocycles. The quantitative estimate of drug-likeness (QED) is 0.795. The van der Waals surface area contributed by atoms with E-state index in [4.69, 9.17) is 16.3 Å². The SMILES string of the molecule is CCn1nc(C)c(Cl)c1CC(=O)c1ccc(OC)cc1F. The lowest BCUT2D eigenvalue weighted by Crippen LogP contribution is -2.11. The number of Topliss-reactive ketones (excluding diaryl/α,β-unsaturated/α-hetero) is 1. The molecule has 0 saturated carbocycles. The van der Waals surface area contributed by atoms with E-state index in [-0.39, 0.29) is 17.8 Å². The molecular weight excluding hydrogens is 295 g/mol. The minimum atomic E-state index is -0.602. The number of nitrogens with zero attached hydrogens (tertiary/aromatic N) is 2. The Morgan fingerprint density at radius 2 is 2.19 bits per heavy atom. The Morgan fingerprint density at radius 3 is 2.76 bits per heavy atom. The molecule has 1 aromatic carbocycles. The van der Waals surface area contributed by atoms with Crippen LogP contribution < -0.4 is 4.74 Å². The van der Waals surface area contributed by atoms with Gasteiger partial charge in [0.15, 0.2) is 5.78 Å². The molecule has 1 heterocycles. The van der Waals surface area contributed by atoms with Crippen molar-refractivity contribution in [1.29, 1.82) is 0 Å². The number of carbonyl (C=O) groups excluding carboxylic acids is 1. The highest BCUT2D eigenvalue weighted by molar-refractivity contribution is 6.32. The van der Waals surface area contributed by atoms with Gasteiger partial charge in [0.1, 0.15) is 11.6 Å². The van der Waals surface area contributed by atoms with Crippen LogP contribution in [0.3, 0.4) is 0 Å². The van der Waals surface area contributed by atoms with Crippen molar-refractivity contribution in [2.75, 3.05) is 7.11 Å². The van der Waals surface area contributed by atoms with Gasteiger partial charge in [-0.1, -0.05) is 11.6 Å². The second-order valence-corrected chi connectivity index (χ2v) is 4.99. The normalized spacial score (nSPS) is 10.7. The Bertz CT molecular complexity index is 683. The lowest BCUT2D eigenvalue weighted by Gasteiger charge is -2.07. The van der Waals surface area contributed by atoms with Crippen LogP contribution in [0.1, 0.15) is 28.7 Å². The molecule has 4 nitrogen and oxygen atoms in total. The van der Waals surface area contributed by atoms with E-state index in [0.29, 0.717) is 28.7 Å². The molecule has 112 valence electrons. The molecule has 0 radical (unpaired) electrons. The highest BCUT2D eigenvalue weighted by atomic mass is 35.5. The van der Waals surface area contributed by atoms with Gasteiger partial charge in [0, 0.05) is 12.6 Å². The largest absolute Gasteiger partial charge is 0.497 e. The molecule has 21 heavy (non-hydrogen) atoms. The fourth-order valence-electron chi connectivity index (χ4n) is 2.13. The zero-order valence-electron chi connectivity index (χ0n) is 12.1. The molecular formula is C15H16ClFN2O2. The molecule has 0 N–H and O–H groups in total. The number of hydrogen-bond donors (Lipinski definition) is 0. The summed E-state index contributed by atoms with van der Waals surface area (Å²) in [5, 5.41) is 4.70. The first kappa shape index (κ1) is 15.5. The summed E-state index contributed by atoms with van der Waals surface area (Å²) in [5.74, 6) is -0.571. The molecule has 0 aliphatic heterocycles. The number of aryl methyl sites for hydroxylation is 2. The van der Waals surface area contributed by atoms with Crippen molar-refractivity contribution in [3.63, 3.8) is 0 Å². The standard InChI is InChI=1S/C15H16ClFN2O2/c1-4-19-13(15(16)9(2)18-19)8-14(20)11-6-5-10(21-3)7-12(11)17/h5-7H,4,8H2,1-3H3. The Kier molecular flexibility index (Phi) is 4.63. The summed E-state index contributed by atoms with van der Waals surface area (Å²) in [4.78, 5) is 12.3. The maximum absolute atomic E-state index is 13.9. The average molecular weight is 311 g/mol.